The van der Waals surface area contributed by atoms with Gasteiger partial charge in [-0.15, -0.1) is 0 Å². The summed E-state index contributed by atoms with van der Waals surface area (Å²) in [5.41, 5.74) is 0.431. The van der Waals surface area contributed by atoms with Crippen LogP contribution in [0.15, 0.2) is 11.4 Å². The van der Waals surface area contributed by atoms with Gasteiger partial charge in [0.25, 0.3) is 0 Å². The number of carboxylic acid groups (broad SMARTS) is 1. The van der Waals surface area contributed by atoms with E-state index in [2.05, 4.69) is 5.32 Å². The van der Waals surface area contributed by atoms with Crippen molar-refractivity contribution in [2.45, 2.75) is 32.5 Å². The maximum absolute atomic E-state index is 13.2. The normalized spacial score (nSPS) is 22.8. The fourth-order valence-electron chi connectivity index (χ4n) is 1.70. The number of alkyl halides is 1. The smallest absolute Gasteiger partial charge is 0.408 e. The van der Waals surface area contributed by atoms with Crippen LogP contribution < -0.4 is 5.32 Å². The summed E-state index contributed by atoms with van der Waals surface area (Å²) in [6, 6.07) is -1.08. The Morgan fingerprint density at radius 3 is 2.56 bits per heavy atom. The summed E-state index contributed by atoms with van der Waals surface area (Å²) in [5.74, 6) is -1.16. The van der Waals surface area contributed by atoms with E-state index in [0.29, 0.717) is 5.57 Å². The van der Waals surface area contributed by atoms with Crippen LogP contribution in [-0.2, 0) is 4.79 Å². The highest BCUT2D eigenvalue weighted by Crippen LogP contribution is 2.20. The second-order valence-electron chi connectivity index (χ2n) is 4.41. The molecule has 1 aliphatic heterocycles. The Kier molecular flexibility index (Phi) is 4.63. The van der Waals surface area contributed by atoms with Gasteiger partial charge in [-0.05, 0) is 19.4 Å². The summed E-state index contributed by atoms with van der Waals surface area (Å²) in [5, 5.41) is 11.1. The van der Waals surface area contributed by atoms with Crippen molar-refractivity contribution in [3.63, 3.8) is 0 Å². The first-order valence-corrected chi connectivity index (χ1v) is 5.56. The van der Waals surface area contributed by atoms with Crippen molar-refractivity contribution in [1.82, 2.24) is 10.2 Å². The quantitative estimate of drug-likeness (QED) is 0.809. The number of halogens is 2. The van der Waals surface area contributed by atoms with Gasteiger partial charge >= 0.3 is 6.09 Å². The van der Waals surface area contributed by atoms with Gasteiger partial charge in [-0.1, -0.05) is 0 Å². The molecule has 2 atom stereocenters. The van der Waals surface area contributed by atoms with Crippen molar-refractivity contribution in [3.8, 4) is 0 Å². The number of carbonyl (C=O) groups excluding carboxylic acids is 1. The minimum atomic E-state index is -1.36. The minimum absolute atomic E-state index is 0.186. The van der Waals surface area contributed by atoms with E-state index in [1.165, 1.54) is 0 Å². The van der Waals surface area contributed by atoms with Crippen LogP contribution in [-0.4, -0.2) is 47.3 Å². The van der Waals surface area contributed by atoms with E-state index in [4.69, 9.17) is 5.11 Å². The Balaban J connectivity index is 2.61. The predicted molar refractivity (Wildman–Crippen MR) is 60.5 cm³/mol. The first kappa shape index (κ1) is 14.4. The number of nitrogens with one attached hydrogen (secondary N) is 1. The summed E-state index contributed by atoms with van der Waals surface area (Å²) in [7, 11) is 0. The molecule has 0 aromatic carbocycles. The molecule has 0 aromatic rings. The second-order valence-corrected chi connectivity index (χ2v) is 4.41. The van der Waals surface area contributed by atoms with E-state index in [-0.39, 0.29) is 19.5 Å². The standard InChI is InChI=1S/C11H16F2N2O3/c1-6(2)8(13)4-14-10(16)9-3-7(12)5-15(9)11(17)18/h7,9H,3-5H2,1-2H3,(H,14,16)(H,17,18)/t7-,9+/m1/s1. The molecule has 102 valence electrons. The van der Waals surface area contributed by atoms with E-state index >= 15 is 0 Å². The van der Waals surface area contributed by atoms with E-state index in [1.54, 1.807) is 13.8 Å². The van der Waals surface area contributed by atoms with Crippen molar-refractivity contribution in [1.29, 1.82) is 0 Å². The zero-order chi connectivity index (χ0) is 13.9. The van der Waals surface area contributed by atoms with E-state index in [1.807, 2.05) is 0 Å². The van der Waals surface area contributed by atoms with Gasteiger partial charge < -0.3 is 10.4 Å². The van der Waals surface area contributed by atoms with Crippen LogP contribution in [0.25, 0.3) is 0 Å². The maximum Gasteiger partial charge on any atom is 0.408 e. The van der Waals surface area contributed by atoms with Crippen molar-refractivity contribution in [2.24, 2.45) is 0 Å². The third-order valence-corrected chi connectivity index (χ3v) is 2.76. The molecular formula is C11H16F2N2O3. The van der Waals surface area contributed by atoms with Gasteiger partial charge in [-0.25, -0.2) is 13.6 Å². The average Bonchev–Trinajstić information content (AvgIpc) is 2.67. The number of likely N-dealkylation sites (tertiary alicyclic amines) is 1. The minimum Gasteiger partial charge on any atom is -0.465 e. The SMILES string of the molecule is CC(C)=C(F)CNC(=O)[C@@H]1C[C@@H](F)CN1C(=O)O. The highest BCUT2D eigenvalue weighted by atomic mass is 19.1. The summed E-state index contributed by atoms with van der Waals surface area (Å²) in [6.45, 7) is 2.48. The molecule has 1 heterocycles. The van der Waals surface area contributed by atoms with E-state index in [9.17, 15) is 18.4 Å². The molecule has 0 bridgehead atoms. The zero-order valence-corrected chi connectivity index (χ0v) is 10.2. The summed E-state index contributed by atoms with van der Waals surface area (Å²) >= 11 is 0. The molecule has 0 unspecified atom stereocenters. The molecule has 0 aromatic heterocycles. The first-order chi connectivity index (χ1) is 8.32. The van der Waals surface area contributed by atoms with E-state index in [0.717, 1.165) is 4.90 Å². The maximum atomic E-state index is 13.2. The monoisotopic (exact) mass is 262 g/mol. The molecule has 0 aliphatic carbocycles. The molecule has 0 saturated carbocycles. The van der Waals surface area contributed by atoms with Crippen LogP contribution in [0.5, 0.6) is 0 Å². The van der Waals surface area contributed by atoms with Crippen LogP contribution >= 0.6 is 0 Å². The van der Waals surface area contributed by atoms with Crippen molar-refractivity contribution in [3.05, 3.63) is 11.4 Å². The number of rotatable bonds is 3. The number of amides is 2. The van der Waals surface area contributed by atoms with Crippen LogP contribution in [0.1, 0.15) is 20.3 Å². The molecule has 2 amide bonds. The zero-order valence-electron chi connectivity index (χ0n) is 10.2. The summed E-state index contributed by atoms with van der Waals surface area (Å²) < 4.78 is 26.3. The van der Waals surface area contributed by atoms with Gasteiger partial charge in [-0.2, -0.15) is 0 Å². The molecule has 18 heavy (non-hydrogen) atoms. The average molecular weight is 262 g/mol. The number of nitrogens with zero attached hydrogens (tertiary/aromatic N) is 1. The van der Waals surface area contributed by atoms with E-state index < -0.39 is 30.0 Å². The Morgan fingerprint density at radius 2 is 2.06 bits per heavy atom. The Bertz CT molecular complexity index is 380. The second kappa shape index (κ2) is 5.79. The highest BCUT2D eigenvalue weighted by Gasteiger charge is 2.39. The van der Waals surface area contributed by atoms with Crippen molar-refractivity contribution >= 4 is 12.0 Å². The van der Waals surface area contributed by atoms with Gasteiger partial charge in [0.05, 0.1) is 13.1 Å². The molecule has 7 heteroatoms. The Hall–Kier alpha value is -1.66. The molecule has 1 aliphatic rings. The lowest BCUT2D eigenvalue weighted by molar-refractivity contribution is -0.124. The van der Waals surface area contributed by atoms with Gasteiger partial charge in [0.2, 0.25) is 5.91 Å². The number of allylic oxidation sites excluding steroid dienone is 1. The summed E-state index contributed by atoms with van der Waals surface area (Å²) in [4.78, 5) is 23.2. The van der Waals surface area contributed by atoms with Gasteiger partial charge in [0.15, 0.2) is 0 Å². The molecule has 1 saturated heterocycles. The molecular weight excluding hydrogens is 246 g/mol. The van der Waals surface area contributed by atoms with Crippen molar-refractivity contribution < 1.29 is 23.5 Å². The van der Waals surface area contributed by atoms with Crippen LogP contribution in [0, 0.1) is 0 Å². The lowest BCUT2D eigenvalue weighted by Gasteiger charge is -2.20. The van der Waals surface area contributed by atoms with Crippen LogP contribution in [0.3, 0.4) is 0 Å². The van der Waals surface area contributed by atoms with Gasteiger partial charge in [-0.3, -0.25) is 9.69 Å². The molecule has 1 fully saturated rings. The van der Waals surface area contributed by atoms with Crippen LogP contribution in [0.4, 0.5) is 13.6 Å². The topological polar surface area (TPSA) is 69.6 Å². The molecule has 0 spiro atoms. The summed E-state index contributed by atoms with van der Waals surface area (Å²) in [6.07, 6.45) is -2.89. The van der Waals surface area contributed by atoms with Gasteiger partial charge in [0, 0.05) is 6.42 Å². The Labute approximate surface area is 103 Å². The largest absolute Gasteiger partial charge is 0.465 e. The van der Waals surface area contributed by atoms with Crippen LogP contribution in [0.2, 0.25) is 0 Å². The number of hydrogen-bond acceptors (Lipinski definition) is 2. The van der Waals surface area contributed by atoms with Crippen molar-refractivity contribution in [2.75, 3.05) is 13.1 Å². The molecule has 1 rings (SSSR count). The molecule has 0 radical (unpaired) electrons. The Morgan fingerprint density at radius 1 is 1.44 bits per heavy atom. The first-order valence-electron chi connectivity index (χ1n) is 5.56. The number of hydrogen-bond donors (Lipinski definition) is 2. The highest BCUT2D eigenvalue weighted by molar-refractivity contribution is 5.86. The predicted octanol–water partition coefficient (Wildman–Crippen LogP) is 1.46. The van der Waals surface area contributed by atoms with Gasteiger partial charge in [0.1, 0.15) is 18.0 Å². The lowest BCUT2D eigenvalue weighted by atomic mass is 10.2. The number of carbonyl (C=O) groups is 2. The molecule has 2 N–H and O–H groups in total. The molecule has 5 nitrogen and oxygen atoms in total. The lowest BCUT2D eigenvalue weighted by Crippen LogP contribution is -2.45. The fraction of sp³-hybridized carbons (Fsp3) is 0.636. The fourth-order valence-corrected chi connectivity index (χ4v) is 1.70. The third kappa shape index (κ3) is 3.41. The third-order valence-electron chi connectivity index (χ3n) is 2.76.